The van der Waals surface area contributed by atoms with Crippen LogP contribution in [-0.2, 0) is 4.79 Å². The fourth-order valence-corrected chi connectivity index (χ4v) is 3.24. The zero-order chi connectivity index (χ0) is 16.9. The minimum Gasteiger partial charge on any atom is -0.486 e. The number of ether oxygens (including phenoxy) is 2. The predicted octanol–water partition coefficient (Wildman–Crippen LogP) is 3.06. The fourth-order valence-electron chi connectivity index (χ4n) is 3.24. The van der Waals surface area contributed by atoms with Gasteiger partial charge in [0.05, 0.1) is 0 Å². The van der Waals surface area contributed by atoms with Crippen molar-refractivity contribution in [3.8, 4) is 17.6 Å². The second-order valence-corrected chi connectivity index (χ2v) is 6.41. The number of carbonyl (C=O) groups is 1. The van der Waals surface area contributed by atoms with Crippen LogP contribution in [0.1, 0.15) is 38.2 Å². The van der Waals surface area contributed by atoms with Crippen molar-refractivity contribution in [1.29, 1.82) is 5.26 Å². The molecular formula is C19H22N2O3. The third-order valence-corrected chi connectivity index (χ3v) is 4.67. The highest BCUT2D eigenvalue weighted by Gasteiger charge is 2.24. The van der Waals surface area contributed by atoms with E-state index in [1.165, 1.54) is 6.42 Å². The average molecular weight is 326 g/mol. The van der Waals surface area contributed by atoms with Crippen molar-refractivity contribution in [2.24, 2.45) is 5.92 Å². The molecule has 126 valence electrons. The van der Waals surface area contributed by atoms with Crippen molar-refractivity contribution in [2.75, 3.05) is 13.2 Å². The Morgan fingerprint density at radius 2 is 2.00 bits per heavy atom. The summed E-state index contributed by atoms with van der Waals surface area (Å²) in [5.41, 5.74) is 0.868. The highest BCUT2D eigenvalue weighted by molar-refractivity contribution is 6.01. The third kappa shape index (κ3) is 3.70. The van der Waals surface area contributed by atoms with Crippen molar-refractivity contribution < 1.29 is 14.3 Å². The largest absolute Gasteiger partial charge is 0.486 e. The van der Waals surface area contributed by atoms with Gasteiger partial charge < -0.3 is 14.8 Å². The monoisotopic (exact) mass is 326 g/mol. The number of hydrogen-bond donors (Lipinski definition) is 1. The summed E-state index contributed by atoms with van der Waals surface area (Å²) in [4.78, 5) is 12.4. The maximum atomic E-state index is 12.4. The minimum absolute atomic E-state index is 0.115. The Kier molecular flexibility index (Phi) is 5.05. The molecule has 1 N–H and O–H groups in total. The van der Waals surface area contributed by atoms with Crippen molar-refractivity contribution in [2.45, 2.75) is 38.6 Å². The molecule has 2 atom stereocenters. The molecule has 0 aromatic heterocycles. The normalized spacial score (nSPS) is 23.2. The van der Waals surface area contributed by atoms with Gasteiger partial charge in [-0.05, 0) is 42.5 Å². The number of benzene rings is 1. The fraction of sp³-hybridized carbons (Fsp3) is 0.474. The van der Waals surface area contributed by atoms with Crippen molar-refractivity contribution in [3.63, 3.8) is 0 Å². The SMILES string of the molecule is C[C@@H]1CCCC[C@@H]1NC(=O)/C(C#N)=C/c1ccc2c(c1)OCCO2. The summed E-state index contributed by atoms with van der Waals surface area (Å²) in [7, 11) is 0. The molecule has 0 unspecified atom stereocenters. The first-order chi connectivity index (χ1) is 11.7. The van der Waals surface area contributed by atoms with Gasteiger partial charge in [0.1, 0.15) is 24.9 Å². The lowest BCUT2D eigenvalue weighted by Gasteiger charge is -2.29. The van der Waals surface area contributed by atoms with Gasteiger partial charge in [0.25, 0.3) is 5.91 Å². The van der Waals surface area contributed by atoms with Crippen LogP contribution in [0, 0.1) is 17.2 Å². The first-order valence-electron chi connectivity index (χ1n) is 8.49. The molecule has 5 heteroatoms. The number of amides is 1. The molecule has 1 aromatic carbocycles. The molecule has 24 heavy (non-hydrogen) atoms. The number of nitrogens with zero attached hydrogens (tertiary/aromatic N) is 1. The summed E-state index contributed by atoms with van der Waals surface area (Å²) in [6.45, 7) is 3.19. The molecule has 0 radical (unpaired) electrons. The van der Waals surface area contributed by atoms with Crippen LogP contribution < -0.4 is 14.8 Å². The van der Waals surface area contributed by atoms with Gasteiger partial charge in [-0.25, -0.2) is 0 Å². The molecule has 1 heterocycles. The molecule has 0 bridgehead atoms. The van der Waals surface area contributed by atoms with E-state index in [4.69, 9.17) is 9.47 Å². The number of hydrogen-bond acceptors (Lipinski definition) is 4. The Balaban J connectivity index is 1.74. The van der Waals surface area contributed by atoms with Gasteiger partial charge in [-0.2, -0.15) is 5.26 Å². The molecule has 0 saturated heterocycles. The van der Waals surface area contributed by atoms with E-state index in [0.717, 1.165) is 24.8 Å². The van der Waals surface area contributed by atoms with Crippen LogP contribution >= 0.6 is 0 Å². The molecular weight excluding hydrogens is 304 g/mol. The number of carbonyl (C=O) groups excluding carboxylic acids is 1. The Hall–Kier alpha value is -2.48. The minimum atomic E-state index is -0.300. The summed E-state index contributed by atoms with van der Waals surface area (Å²) in [5.74, 6) is 1.49. The van der Waals surface area contributed by atoms with Crippen LogP contribution in [0.2, 0.25) is 0 Å². The Bertz CT molecular complexity index is 690. The van der Waals surface area contributed by atoms with Crippen molar-refractivity contribution in [1.82, 2.24) is 5.32 Å². The topological polar surface area (TPSA) is 71.4 Å². The van der Waals surface area contributed by atoms with Gasteiger partial charge in [0, 0.05) is 6.04 Å². The van der Waals surface area contributed by atoms with Crippen LogP contribution in [0.25, 0.3) is 6.08 Å². The first kappa shape index (κ1) is 16.4. The summed E-state index contributed by atoms with van der Waals surface area (Å²) in [6.07, 6.45) is 6.05. The van der Waals surface area contributed by atoms with Crippen LogP contribution in [0.5, 0.6) is 11.5 Å². The standard InChI is InChI=1S/C19H22N2O3/c1-13-4-2-3-5-16(13)21-19(22)15(12-20)10-14-6-7-17-18(11-14)24-9-8-23-17/h6-7,10-11,13,16H,2-5,8-9H2,1H3,(H,21,22)/b15-10+/t13-,16+/m1/s1. The molecule has 1 fully saturated rings. The van der Waals surface area contributed by atoms with E-state index < -0.39 is 0 Å². The van der Waals surface area contributed by atoms with Crippen LogP contribution in [0.4, 0.5) is 0 Å². The highest BCUT2D eigenvalue weighted by Crippen LogP contribution is 2.31. The second-order valence-electron chi connectivity index (χ2n) is 6.41. The molecule has 5 nitrogen and oxygen atoms in total. The summed E-state index contributed by atoms with van der Waals surface area (Å²) >= 11 is 0. The van der Waals surface area contributed by atoms with E-state index in [1.54, 1.807) is 18.2 Å². The van der Waals surface area contributed by atoms with E-state index in [0.29, 0.717) is 30.6 Å². The predicted molar refractivity (Wildman–Crippen MR) is 90.6 cm³/mol. The van der Waals surface area contributed by atoms with E-state index >= 15 is 0 Å². The quantitative estimate of drug-likeness (QED) is 0.684. The van der Waals surface area contributed by atoms with Gasteiger partial charge >= 0.3 is 0 Å². The van der Waals surface area contributed by atoms with Gasteiger partial charge in [-0.3, -0.25) is 4.79 Å². The van der Waals surface area contributed by atoms with E-state index in [2.05, 4.69) is 12.2 Å². The lowest BCUT2D eigenvalue weighted by atomic mass is 9.86. The van der Waals surface area contributed by atoms with E-state index in [1.807, 2.05) is 12.1 Å². The molecule has 3 rings (SSSR count). The first-order valence-corrected chi connectivity index (χ1v) is 8.49. The maximum Gasteiger partial charge on any atom is 0.262 e. The van der Waals surface area contributed by atoms with E-state index in [9.17, 15) is 10.1 Å². The number of nitrogens with one attached hydrogen (secondary N) is 1. The molecule has 1 aliphatic carbocycles. The maximum absolute atomic E-state index is 12.4. The molecule has 1 aliphatic heterocycles. The Morgan fingerprint density at radius 1 is 1.25 bits per heavy atom. The summed E-state index contributed by atoms with van der Waals surface area (Å²) in [6, 6.07) is 7.58. The number of nitriles is 1. The smallest absolute Gasteiger partial charge is 0.262 e. The van der Waals surface area contributed by atoms with Crippen molar-refractivity contribution >= 4 is 12.0 Å². The van der Waals surface area contributed by atoms with Crippen LogP contribution in [-0.4, -0.2) is 25.2 Å². The number of fused-ring (bicyclic) bond motifs is 1. The lowest BCUT2D eigenvalue weighted by molar-refractivity contribution is -0.118. The van der Waals surface area contributed by atoms with E-state index in [-0.39, 0.29) is 17.5 Å². The molecule has 0 spiro atoms. The van der Waals surface area contributed by atoms with Crippen molar-refractivity contribution in [3.05, 3.63) is 29.3 Å². The van der Waals surface area contributed by atoms with Crippen LogP contribution in [0.3, 0.4) is 0 Å². The molecule has 1 amide bonds. The van der Waals surface area contributed by atoms with Crippen LogP contribution in [0.15, 0.2) is 23.8 Å². The van der Waals surface area contributed by atoms with Gasteiger partial charge in [-0.15, -0.1) is 0 Å². The lowest BCUT2D eigenvalue weighted by Crippen LogP contribution is -2.41. The molecule has 1 saturated carbocycles. The Morgan fingerprint density at radius 3 is 2.75 bits per heavy atom. The number of rotatable bonds is 3. The third-order valence-electron chi connectivity index (χ3n) is 4.67. The summed E-state index contributed by atoms with van der Waals surface area (Å²) < 4.78 is 11.0. The molecule has 2 aliphatic rings. The second kappa shape index (κ2) is 7.39. The molecule has 1 aromatic rings. The zero-order valence-corrected chi connectivity index (χ0v) is 13.9. The Labute approximate surface area is 142 Å². The van der Waals surface area contributed by atoms with Gasteiger partial charge in [0.15, 0.2) is 11.5 Å². The highest BCUT2D eigenvalue weighted by atomic mass is 16.6. The van der Waals surface area contributed by atoms with Gasteiger partial charge in [0.2, 0.25) is 0 Å². The summed E-state index contributed by atoms with van der Waals surface area (Å²) in [5, 5.41) is 12.4. The van der Waals surface area contributed by atoms with Gasteiger partial charge in [-0.1, -0.05) is 25.8 Å². The average Bonchev–Trinajstić information content (AvgIpc) is 2.61. The zero-order valence-electron chi connectivity index (χ0n) is 13.9.